The second-order valence-corrected chi connectivity index (χ2v) is 3.91. The van der Waals surface area contributed by atoms with Crippen LogP contribution in [0.3, 0.4) is 0 Å². The lowest BCUT2D eigenvalue weighted by atomic mass is 10.2. The molecule has 0 spiro atoms. The van der Waals surface area contributed by atoms with E-state index >= 15 is 0 Å². The van der Waals surface area contributed by atoms with Crippen LogP contribution >= 0.6 is 0 Å². The van der Waals surface area contributed by atoms with Crippen molar-refractivity contribution >= 4 is 11.6 Å². The topological polar surface area (TPSA) is 115 Å². The van der Waals surface area contributed by atoms with Gasteiger partial charge in [-0.2, -0.15) is 0 Å². The van der Waals surface area contributed by atoms with Crippen LogP contribution in [0.4, 0.5) is 5.69 Å². The molecule has 19 heavy (non-hydrogen) atoms. The number of hydrogen-bond acceptors (Lipinski definition) is 4. The lowest BCUT2D eigenvalue weighted by Gasteiger charge is -2.08. The van der Waals surface area contributed by atoms with Crippen molar-refractivity contribution in [2.75, 3.05) is 5.32 Å². The molecule has 0 aliphatic carbocycles. The number of carbonyl (C=O) groups is 1. The third-order valence-corrected chi connectivity index (χ3v) is 2.56. The highest BCUT2D eigenvalue weighted by Crippen LogP contribution is 2.23. The minimum absolute atomic E-state index is 0.0391. The van der Waals surface area contributed by atoms with Crippen LogP contribution < -0.4 is 16.6 Å². The zero-order valence-corrected chi connectivity index (χ0v) is 9.98. The summed E-state index contributed by atoms with van der Waals surface area (Å²) < 4.78 is 0. The number of hydrogen-bond donors (Lipinski definition) is 4. The number of aromatic nitrogens is 2. The summed E-state index contributed by atoms with van der Waals surface area (Å²) in [5, 5.41) is 12.0. The average Bonchev–Trinajstić information content (AvgIpc) is 2.33. The third-order valence-electron chi connectivity index (χ3n) is 2.56. The molecule has 1 aromatic carbocycles. The number of nitrogens with one attached hydrogen (secondary N) is 3. The molecule has 0 bridgehead atoms. The van der Waals surface area contributed by atoms with Gasteiger partial charge in [0.1, 0.15) is 11.4 Å². The van der Waals surface area contributed by atoms with Gasteiger partial charge in [-0.15, -0.1) is 0 Å². The SMILES string of the molecule is Cc1c(O)cccc1NC(=O)c1cc(=O)[nH]c(=O)[nH]1. The van der Waals surface area contributed by atoms with Crippen molar-refractivity contribution in [3.63, 3.8) is 0 Å². The van der Waals surface area contributed by atoms with E-state index in [0.717, 1.165) is 6.07 Å². The zero-order valence-electron chi connectivity index (χ0n) is 9.98. The van der Waals surface area contributed by atoms with E-state index < -0.39 is 17.2 Å². The Balaban J connectivity index is 2.33. The molecule has 1 amide bonds. The van der Waals surface area contributed by atoms with Crippen molar-refractivity contribution < 1.29 is 9.90 Å². The van der Waals surface area contributed by atoms with Gasteiger partial charge in [0.25, 0.3) is 11.5 Å². The first-order chi connectivity index (χ1) is 8.97. The molecule has 4 N–H and O–H groups in total. The summed E-state index contributed by atoms with van der Waals surface area (Å²) in [6.07, 6.45) is 0. The summed E-state index contributed by atoms with van der Waals surface area (Å²) in [5.41, 5.74) is -0.697. The molecule has 0 saturated carbocycles. The Kier molecular flexibility index (Phi) is 3.19. The molecular formula is C12H11N3O4. The Morgan fingerprint density at radius 3 is 2.68 bits per heavy atom. The number of benzene rings is 1. The Bertz CT molecular complexity index is 717. The number of aromatic hydroxyl groups is 1. The summed E-state index contributed by atoms with van der Waals surface area (Å²) in [7, 11) is 0. The van der Waals surface area contributed by atoms with E-state index in [-0.39, 0.29) is 11.4 Å². The van der Waals surface area contributed by atoms with Crippen LogP contribution in [-0.2, 0) is 0 Å². The first-order valence-corrected chi connectivity index (χ1v) is 5.41. The van der Waals surface area contributed by atoms with E-state index in [1.807, 2.05) is 4.98 Å². The van der Waals surface area contributed by atoms with Crippen molar-refractivity contribution in [3.05, 3.63) is 56.4 Å². The normalized spacial score (nSPS) is 10.2. The fourth-order valence-electron chi connectivity index (χ4n) is 1.54. The average molecular weight is 261 g/mol. The van der Waals surface area contributed by atoms with Gasteiger partial charge in [-0.1, -0.05) is 6.07 Å². The van der Waals surface area contributed by atoms with Crippen molar-refractivity contribution in [2.24, 2.45) is 0 Å². The molecule has 7 heteroatoms. The van der Waals surface area contributed by atoms with Crippen molar-refractivity contribution in [3.8, 4) is 5.75 Å². The van der Waals surface area contributed by atoms with Crippen LogP contribution in [0, 0.1) is 6.92 Å². The highest BCUT2D eigenvalue weighted by atomic mass is 16.3. The Morgan fingerprint density at radius 2 is 2.00 bits per heavy atom. The Hall–Kier alpha value is -2.83. The molecule has 2 aromatic rings. The van der Waals surface area contributed by atoms with Gasteiger partial charge in [-0.25, -0.2) is 4.79 Å². The van der Waals surface area contributed by atoms with Crippen LogP contribution in [0.15, 0.2) is 33.9 Å². The number of phenolic OH excluding ortho intramolecular Hbond substituents is 1. The minimum Gasteiger partial charge on any atom is -0.508 e. The standard InChI is InChI=1S/C12H11N3O4/c1-6-7(3-2-4-9(6)16)13-11(18)8-5-10(17)15-12(19)14-8/h2-5,16H,1H3,(H,13,18)(H2,14,15,17,19). The Morgan fingerprint density at radius 1 is 1.26 bits per heavy atom. The van der Waals surface area contributed by atoms with Crippen LogP contribution in [0.5, 0.6) is 5.75 Å². The van der Waals surface area contributed by atoms with E-state index in [2.05, 4.69) is 10.3 Å². The quantitative estimate of drug-likeness (QED) is 0.623. The van der Waals surface area contributed by atoms with Gasteiger partial charge >= 0.3 is 5.69 Å². The van der Waals surface area contributed by atoms with Gasteiger partial charge in [0, 0.05) is 17.3 Å². The molecule has 7 nitrogen and oxygen atoms in total. The van der Waals surface area contributed by atoms with Crippen LogP contribution in [-0.4, -0.2) is 21.0 Å². The summed E-state index contributed by atoms with van der Waals surface area (Å²) in [6.45, 7) is 1.63. The van der Waals surface area contributed by atoms with Gasteiger partial charge < -0.3 is 15.4 Å². The number of rotatable bonds is 2. The van der Waals surface area contributed by atoms with E-state index in [0.29, 0.717) is 11.3 Å². The molecule has 1 heterocycles. The third kappa shape index (κ3) is 2.71. The number of carbonyl (C=O) groups excluding carboxylic acids is 1. The molecule has 0 aliphatic rings. The van der Waals surface area contributed by atoms with E-state index in [4.69, 9.17) is 0 Å². The molecule has 0 aliphatic heterocycles. The summed E-state index contributed by atoms with van der Waals surface area (Å²) in [5.74, 6) is -0.603. The summed E-state index contributed by atoms with van der Waals surface area (Å²) >= 11 is 0. The Labute approximate surface area is 106 Å². The number of phenols is 1. The second kappa shape index (κ2) is 4.81. The van der Waals surface area contributed by atoms with E-state index in [9.17, 15) is 19.5 Å². The summed E-state index contributed by atoms with van der Waals surface area (Å²) in [4.78, 5) is 38.2. The molecule has 1 aromatic heterocycles. The van der Waals surface area contributed by atoms with Crippen LogP contribution in [0.2, 0.25) is 0 Å². The zero-order chi connectivity index (χ0) is 14.0. The lowest BCUT2D eigenvalue weighted by molar-refractivity contribution is 0.102. The highest BCUT2D eigenvalue weighted by Gasteiger charge is 2.11. The molecule has 0 unspecified atom stereocenters. The number of anilines is 1. The minimum atomic E-state index is -0.759. The van der Waals surface area contributed by atoms with E-state index in [1.54, 1.807) is 19.1 Å². The highest BCUT2D eigenvalue weighted by molar-refractivity contribution is 6.03. The molecule has 0 saturated heterocycles. The first-order valence-electron chi connectivity index (χ1n) is 5.41. The first kappa shape index (κ1) is 12.6. The number of amides is 1. The van der Waals surface area contributed by atoms with E-state index in [1.165, 1.54) is 6.07 Å². The van der Waals surface area contributed by atoms with Gasteiger partial charge in [-0.3, -0.25) is 14.6 Å². The molecular weight excluding hydrogens is 250 g/mol. The van der Waals surface area contributed by atoms with Crippen molar-refractivity contribution in [2.45, 2.75) is 6.92 Å². The molecule has 2 rings (SSSR count). The van der Waals surface area contributed by atoms with Crippen LogP contribution in [0.25, 0.3) is 0 Å². The number of H-pyrrole nitrogens is 2. The van der Waals surface area contributed by atoms with Gasteiger partial charge in [-0.05, 0) is 19.1 Å². The largest absolute Gasteiger partial charge is 0.508 e. The fourth-order valence-corrected chi connectivity index (χ4v) is 1.54. The molecule has 0 atom stereocenters. The van der Waals surface area contributed by atoms with Crippen molar-refractivity contribution in [1.82, 2.24) is 9.97 Å². The summed E-state index contributed by atoms with van der Waals surface area (Å²) in [6, 6.07) is 5.63. The van der Waals surface area contributed by atoms with Gasteiger partial charge in [0.05, 0.1) is 0 Å². The van der Waals surface area contributed by atoms with Crippen LogP contribution in [0.1, 0.15) is 16.1 Å². The van der Waals surface area contributed by atoms with Gasteiger partial charge in [0.15, 0.2) is 0 Å². The number of aromatic amines is 2. The maximum atomic E-state index is 11.9. The van der Waals surface area contributed by atoms with Crippen molar-refractivity contribution in [1.29, 1.82) is 0 Å². The lowest BCUT2D eigenvalue weighted by Crippen LogP contribution is -2.27. The maximum Gasteiger partial charge on any atom is 0.326 e. The molecule has 0 fully saturated rings. The van der Waals surface area contributed by atoms with Gasteiger partial charge in [0.2, 0.25) is 0 Å². The smallest absolute Gasteiger partial charge is 0.326 e. The monoisotopic (exact) mass is 261 g/mol. The fraction of sp³-hybridized carbons (Fsp3) is 0.0833. The molecule has 0 radical (unpaired) electrons. The second-order valence-electron chi connectivity index (χ2n) is 3.91. The predicted octanol–water partition coefficient (Wildman–Crippen LogP) is 0.330. The maximum absolute atomic E-state index is 11.9. The molecule has 98 valence electrons. The predicted molar refractivity (Wildman–Crippen MR) is 68.5 cm³/mol.